The number of aliphatic carboxylic acids is 2. The van der Waals surface area contributed by atoms with Gasteiger partial charge in [-0.25, -0.2) is 4.79 Å². The highest BCUT2D eigenvalue weighted by Gasteiger charge is 2.33. The summed E-state index contributed by atoms with van der Waals surface area (Å²) >= 11 is 1.05. The monoisotopic (exact) mass is 848 g/mol. The second-order valence-electron chi connectivity index (χ2n) is 14.5. The molecule has 17 nitrogen and oxygen atoms in total. The van der Waals surface area contributed by atoms with Gasteiger partial charge < -0.3 is 41.9 Å². The number of benzene rings is 2. The maximum Gasteiger partial charge on any atom is 0.328 e. The average Bonchev–Trinajstić information content (AvgIpc) is 3.18. The van der Waals surface area contributed by atoms with E-state index >= 15 is 0 Å². The molecule has 0 spiro atoms. The van der Waals surface area contributed by atoms with Crippen LogP contribution in [0.4, 0.5) is 0 Å². The fourth-order valence-corrected chi connectivity index (χ4v) is 6.85. The zero-order chi connectivity index (χ0) is 44.4. The van der Waals surface area contributed by atoms with Crippen molar-refractivity contribution >= 4 is 59.0 Å². The van der Waals surface area contributed by atoms with E-state index in [2.05, 4.69) is 31.6 Å². The van der Waals surface area contributed by atoms with Crippen molar-refractivity contribution in [3.05, 3.63) is 101 Å². The number of carboxylic acid groups (broad SMARTS) is 2. The third kappa shape index (κ3) is 16.6. The van der Waals surface area contributed by atoms with Crippen LogP contribution in [0.1, 0.15) is 48.1 Å². The molecule has 60 heavy (non-hydrogen) atoms. The maximum atomic E-state index is 14.1. The van der Waals surface area contributed by atoms with E-state index < -0.39 is 90.6 Å². The van der Waals surface area contributed by atoms with E-state index in [-0.39, 0.29) is 36.6 Å². The molecule has 6 atom stereocenters. The van der Waals surface area contributed by atoms with E-state index in [9.17, 15) is 48.6 Å². The molecule has 0 aliphatic heterocycles. The Labute approximate surface area is 351 Å². The normalized spacial score (nSPS) is 13.9. The number of aryl methyl sites for hydroxylation is 2. The van der Waals surface area contributed by atoms with Gasteiger partial charge in [-0.05, 0) is 56.0 Å². The summed E-state index contributed by atoms with van der Waals surface area (Å²) in [5.74, 6) is -7.85. The summed E-state index contributed by atoms with van der Waals surface area (Å²) in [5, 5.41) is 40.7. The first kappa shape index (κ1) is 48.2. The van der Waals surface area contributed by atoms with Crippen molar-refractivity contribution < 1.29 is 53.7 Å². The highest BCUT2D eigenvalue weighted by Crippen LogP contribution is 2.13. The van der Waals surface area contributed by atoms with Crippen LogP contribution < -0.4 is 26.6 Å². The molecule has 1 heterocycles. The minimum absolute atomic E-state index is 0.0302. The first-order chi connectivity index (χ1) is 28.4. The van der Waals surface area contributed by atoms with Gasteiger partial charge in [0.15, 0.2) is 5.78 Å². The van der Waals surface area contributed by atoms with Crippen LogP contribution in [0.2, 0.25) is 0 Å². The Balaban J connectivity index is 1.82. The number of aliphatic hydroxyl groups is 1. The lowest BCUT2D eigenvalue weighted by Gasteiger charge is -2.26. The zero-order valence-corrected chi connectivity index (χ0v) is 34.6. The van der Waals surface area contributed by atoms with E-state index in [0.29, 0.717) is 11.1 Å². The van der Waals surface area contributed by atoms with Crippen molar-refractivity contribution in [2.45, 2.75) is 83.6 Å². The van der Waals surface area contributed by atoms with Crippen molar-refractivity contribution in [2.24, 2.45) is 5.92 Å². The Kier molecular flexibility index (Phi) is 19.3. The smallest absolute Gasteiger partial charge is 0.328 e. The van der Waals surface area contributed by atoms with Gasteiger partial charge >= 0.3 is 11.9 Å². The number of carboxylic acids is 2. The van der Waals surface area contributed by atoms with E-state index in [4.69, 9.17) is 5.11 Å². The highest BCUT2D eigenvalue weighted by molar-refractivity contribution is 7.99. The van der Waals surface area contributed by atoms with E-state index in [1.54, 1.807) is 42.5 Å². The average molecular weight is 849 g/mol. The molecule has 0 aliphatic carbocycles. The summed E-state index contributed by atoms with van der Waals surface area (Å²) in [6, 6.07) is 10.9. The molecular formula is C42H52N6O11S. The fourth-order valence-electron chi connectivity index (χ4n) is 5.96. The van der Waals surface area contributed by atoms with Crippen LogP contribution in [0.3, 0.4) is 0 Å². The van der Waals surface area contributed by atoms with Gasteiger partial charge in [-0.3, -0.25) is 38.5 Å². The second-order valence-corrected chi connectivity index (χ2v) is 15.5. The zero-order valence-electron chi connectivity index (χ0n) is 33.8. The summed E-state index contributed by atoms with van der Waals surface area (Å²) in [6.07, 6.45) is 2.17. The Morgan fingerprint density at radius 2 is 1.12 bits per heavy atom. The molecule has 0 radical (unpaired) electrons. The minimum Gasteiger partial charge on any atom is -0.481 e. The summed E-state index contributed by atoms with van der Waals surface area (Å²) < 4.78 is 0. The maximum absolute atomic E-state index is 14.1. The number of carbonyl (C=O) groups is 8. The topological polar surface area (TPSA) is 270 Å². The van der Waals surface area contributed by atoms with Gasteiger partial charge in [0.1, 0.15) is 24.2 Å². The molecule has 3 rings (SSSR count). The first-order valence-electron chi connectivity index (χ1n) is 19.1. The summed E-state index contributed by atoms with van der Waals surface area (Å²) in [7, 11) is 0. The van der Waals surface area contributed by atoms with Crippen LogP contribution in [0.15, 0.2) is 73.1 Å². The van der Waals surface area contributed by atoms with Crippen molar-refractivity contribution in [2.75, 3.05) is 18.1 Å². The summed E-state index contributed by atoms with van der Waals surface area (Å²) in [5.41, 5.74) is 3.79. The molecule has 5 amide bonds. The Morgan fingerprint density at radius 1 is 0.633 bits per heavy atom. The summed E-state index contributed by atoms with van der Waals surface area (Å²) in [6.45, 7) is 5.72. The number of nitrogens with zero attached hydrogens (tertiary/aromatic N) is 1. The molecule has 18 heteroatoms. The third-order valence-corrected chi connectivity index (χ3v) is 10.4. The first-order valence-corrected chi connectivity index (χ1v) is 20.3. The number of hydrogen-bond donors (Lipinski definition) is 8. The number of nitrogens with one attached hydrogen (secondary N) is 5. The van der Waals surface area contributed by atoms with Crippen molar-refractivity contribution in [1.29, 1.82) is 0 Å². The molecule has 0 bridgehead atoms. The number of aromatic nitrogens is 1. The lowest BCUT2D eigenvalue weighted by Crippen LogP contribution is -2.59. The Morgan fingerprint density at radius 3 is 1.63 bits per heavy atom. The number of aliphatic hydroxyl groups excluding tert-OH is 1. The number of carbonyl (C=O) groups excluding carboxylic acids is 6. The number of rotatable bonds is 24. The van der Waals surface area contributed by atoms with Gasteiger partial charge in [-0.1, -0.05) is 66.6 Å². The van der Waals surface area contributed by atoms with Crippen LogP contribution in [0, 0.1) is 19.8 Å². The van der Waals surface area contributed by atoms with Crippen LogP contribution >= 0.6 is 11.8 Å². The van der Waals surface area contributed by atoms with Gasteiger partial charge in [0.25, 0.3) is 0 Å². The molecule has 0 saturated carbocycles. The highest BCUT2D eigenvalue weighted by atomic mass is 32.2. The molecular weight excluding hydrogens is 797 g/mol. The number of hydrogen-bond acceptors (Lipinski definition) is 11. The van der Waals surface area contributed by atoms with Crippen LogP contribution in [0.5, 0.6) is 0 Å². The van der Waals surface area contributed by atoms with Crippen molar-refractivity contribution in [1.82, 2.24) is 31.6 Å². The van der Waals surface area contributed by atoms with Gasteiger partial charge in [0, 0.05) is 36.9 Å². The van der Waals surface area contributed by atoms with Gasteiger partial charge in [0.05, 0.1) is 24.8 Å². The number of Topliss-reactive ketones (excluding diaryl/α,β-unsaturated/α-hetero) is 1. The Hall–Kier alpha value is -6.14. The van der Waals surface area contributed by atoms with Crippen LogP contribution in [-0.2, 0) is 57.6 Å². The molecule has 3 aromatic rings. The largest absolute Gasteiger partial charge is 0.481 e. The molecule has 0 fully saturated rings. The van der Waals surface area contributed by atoms with Gasteiger partial charge in [0.2, 0.25) is 29.5 Å². The van der Waals surface area contributed by atoms with Crippen molar-refractivity contribution in [3.63, 3.8) is 0 Å². The quantitative estimate of drug-likeness (QED) is 0.0617. The Bertz CT molecular complexity index is 2000. The van der Waals surface area contributed by atoms with Crippen LogP contribution in [0.25, 0.3) is 0 Å². The standard InChI is InChI=1S/C42H52N6O11S/c1-24-7-5-9-29(15-24)18-31(27(4)50)45-41(57)34(20-37(52)53)47-40(56)33(19-30-10-6-8-25(2)16-30)46-39(55)32(17-28-11-13-43-14-12-28)44-36(51)23-60-22-26(3)38(54)48-35(21-49)42(58)59/h5-16,26,31-35,49H,17-23H2,1-4H3,(H,44,51)(H,45,57)(H,46,55)(H,47,56)(H,48,54)(H,52,53)(H,58,59)/t26-,31-,32-,33-,34-,35-/m0/s1. The predicted octanol–water partition coefficient (Wildman–Crippen LogP) is 0.660. The molecule has 0 unspecified atom stereocenters. The van der Waals surface area contributed by atoms with E-state index in [0.717, 1.165) is 28.5 Å². The molecule has 1 aromatic heterocycles. The lowest BCUT2D eigenvalue weighted by molar-refractivity contribution is -0.143. The third-order valence-electron chi connectivity index (χ3n) is 9.18. The number of ketones is 1. The number of thioether (sulfide) groups is 1. The molecule has 2 aromatic carbocycles. The SMILES string of the molecule is CC(=O)[C@H](Cc1cccc(C)c1)NC(=O)[C@H](CC(=O)O)NC(=O)[C@H](Cc1cccc(C)c1)NC(=O)[C@H](Cc1ccncc1)NC(=O)CSC[C@H](C)C(=O)N[C@@H](CO)C(=O)O. The van der Waals surface area contributed by atoms with E-state index in [1.807, 2.05) is 32.0 Å². The van der Waals surface area contributed by atoms with Crippen molar-refractivity contribution in [3.8, 4) is 0 Å². The van der Waals surface area contributed by atoms with Crippen LogP contribution in [-0.4, -0.2) is 116 Å². The number of pyridine rings is 1. The molecule has 8 N–H and O–H groups in total. The van der Waals surface area contributed by atoms with E-state index in [1.165, 1.54) is 26.2 Å². The van der Waals surface area contributed by atoms with Gasteiger partial charge in [-0.15, -0.1) is 0 Å². The molecule has 0 saturated heterocycles. The second kappa shape index (κ2) is 24.1. The predicted molar refractivity (Wildman–Crippen MR) is 222 cm³/mol. The molecule has 322 valence electrons. The van der Waals surface area contributed by atoms with Gasteiger partial charge in [-0.2, -0.15) is 11.8 Å². The number of amides is 5. The summed E-state index contributed by atoms with van der Waals surface area (Å²) in [4.78, 5) is 107. The lowest BCUT2D eigenvalue weighted by atomic mass is 10.00. The fraction of sp³-hybridized carbons (Fsp3) is 0.405. The minimum atomic E-state index is -1.64. The molecule has 0 aliphatic rings.